The number of nitro benzene ring substituents is 1. The van der Waals surface area contributed by atoms with Crippen LogP contribution in [0, 0.1) is 17.0 Å². The van der Waals surface area contributed by atoms with E-state index >= 15 is 0 Å². The molecule has 172 valence electrons. The Kier molecular flexibility index (Phi) is 8.01. The fourth-order valence-corrected chi connectivity index (χ4v) is 3.88. The molecule has 0 bridgehead atoms. The summed E-state index contributed by atoms with van der Waals surface area (Å²) in [5.41, 5.74) is 1.61. The average molecular weight is 489 g/mol. The number of hydrogen-bond acceptors (Lipinski definition) is 7. The van der Waals surface area contributed by atoms with Gasteiger partial charge in [0.2, 0.25) is 11.8 Å². The summed E-state index contributed by atoms with van der Waals surface area (Å²) in [6.07, 6.45) is 0.0170. The molecule has 2 aromatic carbocycles. The molecule has 0 saturated heterocycles. The lowest BCUT2D eigenvalue weighted by Gasteiger charge is -2.09. The Balaban J connectivity index is 1.60. The largest absolute Gasteiger partial charge is 0.326 e. The number of nitrogens with one attached hydrogen (secondary N) is 2. The molecule has 33 heavy (non-hydrogen) atoms. The van der Waals surface area contributed by atoms with E-state index in [1.54, 1.807) is 41.8 Å². The van der Waals surface area contributed by atoms with Crippen LogP contribution in [-0.2, 0) is 22.6 Å². The number of amides is 2. The highest BCUT2D eigenvalue weighted by atomic mass is 35.5. The summed E-state index contributed by atoms with van der Waals surface area (Å²) in [7, 11) is 0. The van der Waals surface area contributed by atoms with E-state index in [0.717, 1.165) is 0 Å². The molecule has 0 fully saturated rings. The highest BCUT2D eigenvalue weighted by Crippen LogP contribution is 2.23. The number of aryl methyl sites for hydroxylation is 1. The van der Waals surface area contributed by atoms with E-state index in [0.29, 0.717) is 39.5 Å². The van der Waals surface area contributed by atoms with Crippen molar-refractivity contribution in [2.24, 2.45) is 0 Å². The van der Waals surface area contributed by atoms with Gasteiger partial charge in [-0.15, -0.1) is 10.2 Å². The minimum absolute atomic E-state index is 0.0170. The third-order valence-corrected chi connectivity index (χ3v) is 5.81. The monoisotopic (exact) mass is 488 g/mol. The summed E-state index contributed by atoms with van der Waals surface area (Å²) in [6, 6.07) is 11.1. The fraction of sp³-hybridized carbons (Fsp3) is 0.238. The van der Waals surface area contributed by atoms with Crippen molar-refractivity contribution < 1.29 is 14.5 Å². The number of nitro groups is 1. The number of hydrogen-bond donors (Lipinski definition) is 2. The maximum absolute atomic E-state index is 12.4. The van der Waals surface area contributed by atoms with Crippen LogP contribution in [0.25, 0.3) is 0 Å². The van der Waals surface area contributed by atoms with Crippen molar-refractivity contribution in [3.63, 3.8) is 0 Å². The zero-order valence-corrected chi connectivity index (χ0v) is 19.4. The quantitative estimate of drug-likeness (QED) is 0.263. The van der Waals surface area contributed by atoms with Gasteiger partial charge in [0, 0.05) is 29.4 Å². The zero-order valence-electron chi connectivity index (χ0n) is 17.9. The lowest BCUT2D eigenvalue weighted by atomic mass is 10.2. The Morgan fingerprint density at radius 3 is 2.52 bits per heavy atom. The zero-order chi connectivity index (χ0) is 24.0. The van der Waals surface area contributed by atoms with E-state index in [2.05, 4.69) is 20.8 Å². The van der Waals surface area contributed by atoms with Gasteiger partial charge in [-0.25, -0.2) is 0 Å². The van der Waals surface area contributed by atoms with Crippen LogP contribution >= 0.6 is 23.4 Å². The molecule has 0 unspecified atom stereocenters. The predicted molar refractivity (Wildman–Crippen MR) is 127 cm³/mol. The normalized spacial score (nSPS) is 10.6. The van der Waals surface area contributed by atoms with Gasteiger partial charge in [0.25, 0.3) is 5.69 Å². The number of nitrogens with zero attached hydrogens (tertiary/aromatic N) is 4. The SMILES string of the molecule is CCn1c(CC(=O)Nc2ccc(Cl)cc2)nnc1SCC(=O)Nc1cc([N+](=O)[O-])ccc1C. The summed E-state index contributed by atoms with van der Waals surface area (Å²) < 4.78 is 1.76. The topological polar surface area (TPSA) is 132 Å². The molecule has 3 aromatic rings. The third kappa shape index (κ3) is 6.53. The van der Waals surface area contributed by atoms with Crippen molar-refractivity contribution in [2.75, 3.05) is 16.4 Å². The predicted octanol–water partition coefficient (Wildman–Crippen LogP) is 4.08. The maximum atomic E-state index is 12.4. The number of thioether (sulfide) groups is 1. The molecule has 1 aromatic heterocycles. The van der Waals surface area contributed by atoms with Crippen LogP contribution in [0.15, 0.2) is 47.6 Å². The first-order valence-corrected chi connectivity index (χ1v) is 11.3. The second-order valence-corrected chi connectivity index (χ2v) is 8.35. The number of rotatable bonds is 9. The molecule has 10 nitrogen and oxygen atoms in total. The Labute approximate surface area is 198 Å². The van der Waals surface area contributed by atoms with Gasteiger partial charge in [-0.1, -0.05) is 29.4 Å². The van der Waals surface area contributed by atoms with Gasteiger partial charge in [0.15, 0.2) is 5.16 Å². The molecule has 0 aliphatic rings. The molecule has 0 aliphatic carbocycles. The van der Waals surface area contributed by atoms with Crippen molar-refractivity contribution in [2.45, 2.75) is 32.0 Å². The summed E-state index contributed by atoms with van der Waals surface area (Å²) in [6.45, 7) is 4.16. The number of benzene rings is 2. The van der Waals surface area contributed by atoms with Gasteiger partial charge < -0.3 is 15.2 Å². The Hall–Kier alpha value is -3.44. The molecule has 0 radical (unpaired) electrons. The molecular formula is C21H21ClN6O4S. The molecule has 0 atom stereocenters. The van der Waals surface area contributed by atoms with Gasteiger partial charge in [-0.2, -0.15) is 0 Å². The van der Waals surface area contributed by atoms with E-state index in [4.69, 9.17) is 11.6 Å². The fourth-order valence-electron chi connectivity index (χ4n) is 2.93. The maximum Gasteiger partial charge on any atom is 0.271 e. The molecule has 2 amide bonds. The van der Waals surface area contributed by atoms with Crippen molar-refractivity contribution >= 4 is 52.2 Å². The van der Waals surface area contributed by atoms with Gasteiger partial charge in [-0.05, 0) is 43.7 Å². The Morgan fingerprint density at radius 1 is 1.12 bits per heavy atom. The average Bonchev–Trinajstić information content (AvgIpc) is 3.16. The minimum Gasteiger partial charge on any atom is -0.326 e. The van der Waals surface area contributed by atoms with Crippen molar-refractivity contribution in [3.05, 3.63) is 69.0 Å². The van der Waals surface area contributed by atoms with Crippen LogP contribution in [-0.4, -0.2) is 37.3 Å². The van der Waals surface area contributed by atoms with Gasteiger partial charge in [0.05, 0.1) is 22.8 Å². The van der Waals surface area contributed by atoms with Crippen LogP contribution in [0.1, 0.15) is 18.3 Å². The number of carbonyl (C=O) groups is 2. The van der Waals surface area contributed by atoms with Crippen LogP contribution in [0.5, 0.6) is 0 Å². The second-order valence-electron chi connectivity index (χ2n) is 6.97. The highest BCUT2D eigenvalue weighted by Gasteiger charge is 2.17. The number of carbonyl (C=O) groups excluding carboxylic acids is 2. The Bertz CT molecular complexity index is 1180. The lowest BCUT2D eigenvalue weighted by Crippen LogP contribution is -2.18. The van der Waals surface area contributed by atoms with E-state index in [1.807, 2.05) is 6.92 Å². The molecule has 3 rings (SSSR count). The van der Waals surface area contributed by atoms with Gasteiger partial charge in [-0.3, -0.25) is 19.7 Å². The number of halogens is 1. The standard InChI is InChI=1S/C21H21ClN6O4S/c1-3-27-18(11-19(29)23-15-7-5-14(22)6-8-15)25-26-21(27)33-12-20(30)24-17-10-16(28(31)32)9-4-13(17)2/h4-10H,3,11-12H2,1-2H3,(H,23,29)(H,24,30). The smallest absolute Gasteiger partial charge is 0.271 e. The number of anilines is 2. The summed E-state index contributed by atoms with van der Waals surface area (Å²) in [5, 5.41) is 25.7. The van der Waals surface area contributed by atoms with Crippen molar-refractivity contribution in [3.8, 4) is 0 Å². The van der Waals surface area contributed by atoms with Crippen LogP contribution in [0.3, 0.4) is 0 Å². The van der Waals surface area contributed by atoms with E-state index < -0.39 is 4.92 Å². The van der Waals surface area contributed by atoms with Crippen LogP contribution in [0.2, 0.25) is 5.02 Å². The number of non-ortho nitro benzene ring substituents is 1. The van der Waals surface area contributed by atoms with E-state index in [9.17, 15) is 19.7 Å². The summed E-state index contributed by atoms with van der Waals surface area (Å²) in [4.78, 5) is 35.2. The number of aromatic nitrogens is 3. The summed E-state index contributed by atoms with van der Waals surface area (Å²) in [5.74, 6) is -0.0930. The van der Waals surface area contributed by atoms with Crippen molar-refractivity contribution in [1.29, 1.82) is 0 Å². The molecule has 0 aliphatic heterocycles. The molecule has 0 spiro atoms. The third-order valence-electron chi connectivity index (χ3n) is 4.59. The molecule has 1 heterocycles. The Morgan fingerprint density at radius 2 is 1.85 bits per heavy atom. The molecule has 12 heteroatoms. The highest BCUT2D eigenvalue weighted by molar-refractivity contribution is 7.99. The van der Waals surface area contributed by atoms with E-state index in [-0.39, 0.29) is 29.7 Å². The van der Waals surface area contributed by atoms with Crippen LogP contribution in [0.4, 0.5) is 17.1 Å². The van der Waals surface area contributed by atoms with Crippen molar-refractivity contribution in [1.82, 2.24) is 14.8 Å². The first-order chi connectivity index (χ1) is 15.8. The first-order valence-electron chi connectivity index (χ1n) is 9.92. The lowest BCUT2D eigenvalue weighted by molar-refractivity contribution is -0.384. The molecular weight excluding hydrogens is 468 g/mol. The first kappa shape index (κ1) is 24.2. The minimum atomic E-state index is -0.516. The molecule has 2 N–H and O–H groups in total. The van der Waals surface area contributed by atoms with Gasteiger partial charge in [0.1, 0.15) is 5.82 Å². The van der Waals surface area contributed by atoms with Gasteiger partial charge >= 0.3 is 0 Å². The second kappa shape index (κ2) is 10.9. The van der Waals surface area contributed by atoms with E-state index in [1.165, 1.54) is 23.9 Å². The van der Waals surface area contributed by atoms with Crippen LogP contribution < -0.4 is 10.6 Å². The summed E-state index contributed by atoms with van der Waals surface area (Å²) >= 11 is 7.02. The molecule has 0 saturated carbocycles.